The Morgan fingerprint density at radius 2 is 1.52 bits per heavy atom. The molecule has 0 bridgehead atoms. The highest BCUT2D eigenvalue weighted by atomic mass is 16.4. The quantitative estimate of drug-likeness (QED) is 0.290. The molecule has 0 aromatic heterocycles. The van der Waals surface area contributed by atoms with Gasteiger partial charge in [0.2, 0.25) is 17.7 Å². The van der Waals surface area contributed by atoms with E-state index >= 15 is 0 Å². The van der Waals surface area contributed by atoms with Gasteiger partial charge in [-0.15, -0.1) is 0 Å². The smallest absolute Gasteiger partial charge is 0.326 e. The van der Waals surface area contributed by atoms with Crippen LogP contribution in [-0.2, 0) is 25.6 Å². The number of nitrogens with one attached hydrogen (secondary N) is 3. The van der Waals surface area contributed by atoms with Gasteiger partial charge in [-0.25, -0.2) is 4.79 Å². The minimum Gasteiger partial charge on any atom is -0.508 e. The Hall–Kier alpha value is -3.14. The van der Waals surface area contributed by atoms with Crippen LogP contribution in [0.5, 0.6) is 5.75 Å². The van der Waals surface area contributed by atoms with Crippen molar-refractivity contribution in [2.75, 3.05) is 19.6 Å². The van der Waals surface area contributed by atoms with Gasteiger partial charge in [-0.2, -0.15) is 0 Å². The number of phenolic OH excluding ortho intramolecular Hbond substituents is 1. The van der Waals surface area contributed by atoms with Gasteiger partial charge in [0, 0.05) is 6.42 Å². The SMILES string of the molecule is NCC(=O)NCC(=O)NCC(=O)N[C@@H](Cc1ccc(O)cc1)C(=O)O. The molecule has 0 saturated carbocycles. The molecule has 1 aromatic rings. The van der Waals surface area contributed by atoms with Gasteiger partial charge >= 0.3 is 5.97 Å². The van der Waals surface area contributed by atoms with Crippen LogP contribution in [0.4, 0.5) is 0 Å². The van der Waals surface area contributed by atoms with E-state index in [0.717, 1.165) is 0 Å². The van der Waals surface area contributed by atoms with E-state index < -0.39 is 36.3 Å². The second kappa shape index (κ2) is 9.88. The summed E-state index contributed by atoms with van der Waals surface area (Å²) in [5.74, 6) is -3.00. The number of carbonyl (C=O) groups is 4. The number of hydrogen-bond donors (Lipinski definition) is 6. The summed E-state index contributed by atoms with van der Waals surface area (Å²) < 4.78 is 0. The van der Waals surface area contributed by atoms with Gasteiger partial charge in [0.1, 0.15) is 11.8 Å². The molecule has 0 aliphatic rings. The van der Waals surface area contributed by atoms with Crippen molar-refractivity contribution < 1.29 is 29.4 Å². The van der Waals surface area contributed by atoms with Crippen LogP contribution >= 0.6 is 0 Å². The van der Waals surface area contributed by atoms with E-state index in [1.54, 1.807) is 12.1 Å². The predicted octanol–water partition coefficient (Wildman–Crippen LogP) is -2.30. The Bertz CT molecular complexity index is 631. The van der Waals surface area contributed by atoms with Crippen molar-refractivity contribution in [2.45, 2.75) is 12.5 Å². The van der Waals surface area contributed by atoms with Gasteiger partial charge in [-0.3, -0.25) is 14.4 Å². The van der Waals surface area contributed by atoms with E-state index in [4.69, 9.17) is 5.73 Å². The first-order chi connectivity index (χ1) is 11.8. The first-order valence-electron chi connectivity index (χ1n) is 7.35. The van der Waals surface area contributed by atoms with Gasteiger partial charge < -0.3 is 31.9 Å². The zero-order valence-corrected chi connectivity index (χ0v) is 13.3. The number of aliphatic carboxylic acids is 1. The Balaban J connectivity index is 2.45. The number of rotatable bonds is 9. The molecule has 1 aromatic carbocycles. The normalized spacial score (nSPS) is 11.2. The molecule has 0 saturated heterocycles. The van der Waals surface area contributed by atoms with Crippen LogP contribution < -0.4 is 21.7 Å². The highest BCUT2D eigenvalue weighted by Crippen LogP contribution is 2.11. The van der Waals surface area contributed by atoms with Gasteiger partial charge in [0.15, 0.2) is 0 Å². The van der Waals surface area contributed by atoms with Crippen LogP contribution in [0.2, 0.25) is 0 Å². The molecule has 0 aliphatic heterocycles. The third-order valence-electron chi connectivity index (χ3n) is 3.09. The fourth-order valence-corrected chi connectivity index (χ4v) is 1.81. The van der Waals surface area contributed by atoms with Gasteiger partial charge in [-0.05, 0) is 17.7 Å². The molecule has 0 fully saturated rings. The molecule has 136 valence electrons. The number of carboxylic acids is 1. The van der Waals surface area contributed by atoms with Crippen molar-refractivity contribution >= 4 is 23.7 Å². The summed E-state index contributed by atoms with van der Waals surface area (Å²) in [5.41, 5.74) is 5.67. The van der Waals surface area contributed by atoms with Crippen LogP contribution in [0.1, 0.15) is 5.56 Å². The minimum absolute atomic E-state index is 0.0157. The van der Waals surface area contributed by atoms with Crippen LogP contribution in [0.25, 0.3) is 0 Å². The van der Waals surface area contributed by atoms with Gasteiger partial charge in [0.05, 0.1) is 19.6 Å². The second-order valence-corrected chi connectivity index (χ2v) is 5.09. The second-order valence-electron chi connectivity index (χ2n) is 5.09. The maximum Gasteiger partial charge on any atom is 0.326 e. The van der Waals surface area contributed by atoms with E-state index in [2.05, 4.69) is 16.0 Å². The summed E-state index contributed by atoms with van der Waals surface area (Å²) in [4.78, 5) is 45.3. The number of amides is 3. The van der Waals surface area contributed by atoms with E-state index in [9.17, 15) is 29.4 Å². The molecule has 1 atom stereocenters. The van der Waals surface area contributed by atoms with Crippen molar-refractivity contribution in [3.8, 4) is 5.75 Å². The minimum atomic E-state index is -1.23. The lowest BCUT2D eigenvalue weighted by atomic mass is 10.1. The molecule has 0 spiro atoms. The van der Waals surface area contributed by atoms with Crippen molar-refractivity contribution in [2.24, 2.45) is 5.73 Å². The van der Waals surface area contributed by atoms with Crippen molar-refractivity contribution in [3.63, 3.8) is 0 Å². The van der Waals surface area contributed by atoms with Gasteiger partial charge in [-0.1, -0.05) is 12.1 Å². The summed E-state index contributed by atoms with van der Waals surface area (Å²) in [6.07, 6.45) is 0.0157. The van der Waals surface area contributed by atoms with Crippen LogP contribution in [0, 0.1) is 0 Å². The fraction of sp³-hybridized carbons (Fsp3) is 0.333. The van der Waals surface area contributed by atoms with E-state index in [1.807, 2.05) is 0 Å². The predicted molar refractivity (Wildman–Crippen MR) is 86.5 cm³/mol. The topological polar surface area (TPSA) is 171 Å². The molecule has 7 N–H and O–H groups in total. The number of nitrogens with two attached hydrogens (primary N) is 1. The molecule has 0 aliphatic carbocycles. The van der Waals surface area contributed by atoms with Crippen molar-refractivity contribution in [1.29, 1.82) is 0 Å². The van der Waals surface area contributed by atoms with Crippen molar-refractivity contribution in [1.82, 2.24) is 16.0 Å². The lowest BCUT2D eigenvalue weighted by Gasteiger charge is -2.15. The van der Waals surface area contributed by atoms with E-state index in [1.165, 1.54) is 12.1 Å². The zero-order chi connectivity index (χ0) is 18.8. The first kappa shape index (κ1) is 19.9. The monoisotopic (exact) mass is 352 g/mol. The summed E-state index contributed by atoms with van der Waals surface area (Å²) in [5, 5.41) is 25.1. The van der Waals surface area contributed by atoms with E-state index in [-0.39, 0.29) is 25.3 Å². The molecule has 0 unspecified atom stereocenters. The maximum atomic E-state index is 11.8. The number of carbonyl (C=O) groups excluding carboxylic acids is 3. The molecule has 3 amide bonds. The number of phenols is 1. The molecular weight excluding hydrogens is 332 g/mol. The Labute approximate surface area is 143 Å². The number of aromatic hydroxyl groups is 1. The molecule has 10 nitrogen and oxygen atoms in total. The standard InChI is InChI=1S/C15H20N4O6/c16-6-12(21)17-7-13(22)18-8-14(23)19-11(15(24)25)5-9-1-3-10(20)4-2-9/h1-4,11,20H,5-8,16H2,(H,17,21)(H,18,22)(H,19,23)(H,24,25)/t11-/m0/s1. The van der Waals surface area contributed by atoms with Crippen LogP contribution in [0.15, 0.2) is 24.3 Å². The third-order valence-corrected chi connectivity index (χ3v) is 3.09. The Morgan fingerprint density at radius 1 is 0.960 bits per heavy atom. The molecular formula is C15H20N4O6. The average molecular weight is 352 g/mol. The molecule has 10 heteroatoms. The lowest BCUT2D eigenvalue weighted by Crippen LogP contribution is -2.48. The van der Waals surface area contributed by atoms with Crippen LogP contribution in [-0.4, -0.2) is 59.6 Å². The van der Waals surface area contributed by atoms with E-state index in [0.29, 0.717) is 5.56 Å². The molecule has 0 radical (unpaired) electrons. The Morgan fingerprint density at radius 3 is 2.08 bits per heavy atom. The molecule has 0 heterocycles. The molecule has 1 rings (SSSR count). The van der Waals surface area contributed by atoms with Crippen molar-refractivity contribution in [3.05, 3.63) is 29.8 Å². The number of hydrogen-bond acceptors (Lipinski definition) is 6. The van der Waals surface area contributed by atoms with Gasteiger partial charge in [0.25, 0.3) is 0 Å². The Kier molecular flexibility index (Phi) is 7.87. The maximum absolute atomic E-state index is 11.8. The fourth-order valence-electron chi connectivity index (χ4n) is 1.81. The highest BCUT2D eigenvalue weighted by molar-refractivity contribution is 5.90. The molecule has 25 heavy (non-hydrogen) atoms. The third kappa shape index (κ3) is 7.79. The number of carboxylic acid groups (broad SMARTS) is 1. The summed E-state index contributed by atoms with van der Waals surface area (Å²) in [6, 6.07) is 4.71. The largest absolute Gasteiger partial charge is 0.508 e. The first-order valence-corrected chi connectivity index (χ1v) is 7.35. The number of benzene rings is 1. The summed E-state index contributed by atoms with van der Waals surface area (Å²) in [6.45, 7) is -1.03. The highest BCUT2D eigenvalue weighted by Gasteiger charge is 2.20. The summed E-state index contributed by atoms with van der Waals surface area (Å²) in [7, 11) is 0. The van der Waals surface area contributed by atoms with Crippen LogP contribution in [0.3, 0.4) is 0 Å². The average Bonchev–Trinajstić information content (AvgIpc) is 2.58. The lowest BCUT2D eigenvalue weighted by molar-refractivity contribution is -0.141. The summed E-state index contributed by atoms with van der Waals surface area (Å²) >= 11 is 0. The zero-order valence-electron chi connectivity index (χ0n) is 13.3.